The zero-order valence-corrected chi connectivity index (χ0v) is 10.9. The van der Waals surface area contributed by atoms with E-state index in [0.717, 1.165) is 17.1 Å². The van der Waals surface area contributed by atoms with E-state index in [9.17, 15) is 4.79 Å². The molecule has 18 heavy (non-hydrogen) atoms. The van der Waals surface area contributed by atoms with Gasteiger partial charge in [-0.1, -0.05) is 23.7 Å². The van der Waals surface area contributed by atoms with Crippen LogP contribution in [0.2, 0.25) is 5.02 Å². The summed E-state index contributed by atoms with van der Waals surface area (Å²) in [6, 6.07) is 7.74. The van der Waals surface area contributed by atoms with E-state index in [4.69, 9.17) is 16.3 Å². The Labute approximate surface area is 112 Å². The van der Waals surface area contributed by atoms with Gasteiger partial charge in [-0.05, 0) is 36.5 Å². The van der Waals surface area contributed by atoms with Crippen molar-refractivity contribution in [3.63, 3.8) is 0 Å². The molecule has 96 valence electrons. The first kappa shape index (κ1) is 12.0. The molecule has 0 radical (unpaired) electrons. The second-order valence-electron chi connectivity index (χ2n) is 5.07. The lowest BCUT2D eigenvalue weighted by Crippen LogP contribution is -2.45. The number of nitrogens with zero attached hydrogens (tertiary/aromatic N) is 1. The standard InChI is InChI=1S/C14H16ClNO2/c15-12-5-3-11(4-6-12)13-8-18-9-14(17)16(13)7-10-1-2-10/h3-6,10,13H,1-2,7-9H2/t13-/m1/s1. The molecule has 1 saturated heterocycles. The van der Waals surface area contributed by atoms with Crippen LogP contribution < -0.4 is 0 Å². The number of amides is 1. The van der Waals surface area contributed by atoms with Crippen LogP contribution in [0, 0.1) is 5.92 Å². The Kier molecular flexibility index (Phi) is 3.27. The van der Waals surface area contributed by atoms with Gasteiger partial charge in [0.15, 0.2) is 0 Å². The molecule has 2 fully saturated rings. The van der Waals surface area contributed by atoms with Crippen molar-refractivity contribution in [2.45, 2.75) is 18.9 Å². The minimum Gasteiger partial charge on any atom is -0.369 e. The quantitative estimate of drug-likeness (QED) is 0.841. The Morgan fingerprint density at radius 3 is 2.67 bits per heavy atom. The predicted molar refractivity (Wildman–Crippen MR) is 69.4 cm³/mol. The zero-order chi connectivity index (χ0) is 12.5. The van der Waals surface area contributed by atoms with Gasteiger partial charge in [-0.25, -0.2) is 0 Å². The summed E-state index contributed by atoms with van der Waals surface area (Å²) in [5.41, 5.74) is 1.10. The molecule has 1 atom stereocenters. The highest BCUT2D eigenvalue weighted by Gasteiger charge is 2.34. The molecule has 1 aromatic carbocycles. The lowest BCUT2D eigenvalue weighted by Gasteiger charge is -2.36. The van der Waals surface area contributed by atoms with Gasteiger partial charge < -0.3 is 9.64 Å². The third-order valence-electron chi connectivity index (χ3n) is 3.60. The number of carbonyl (C=O) groups is 1. The van der Waals surface area contributed by atoms with E-state index in [-0.39, 0.29) is 18.6 Å². The number of morpholine rings is 1. The number of halogens is 1. The first-order valence-electron chi connectivity index (χ1n) is 6.37. The van der Waals surface area contributed by atoms with E-state index < -0.39 is 0 Å². The molecule has 3 rings (SSSR count). The summed E-state index contributed by atoms with van der Waals surface area (Å²) in [5.74, 6) is 0.801. The fraction of sp³-hybridized carbons (Fsp3) is 0.500. The Morgan fingerprint density at radius 1 is 1.28 bits per heavy atom. The normalized spacial score (nSPS) is 24.4. The summed E-state index contributed by atoms with van der Waals surface area (Å²) in [5, 5.41) is 0.718. The average Bonchev–Trinajstić information content (AvgIpc) is 3.17. The molecule has 2 aliphatic rings. The number of carbonyl (C=O) groups excluding carboxylic acids is 1. The lowest BCUT2D eigenvalue weighted by molar-refractivity contribution is -0.148. The maximum Gasteiger partial charge on any atom is 0.249 e. The SMILES string of the molecule is O=C1COC[C@H](c2ccc(Cl)cc2)N1CC1CC1. The topological polar surface area (TPSA) is 29.5 Å². The zero-order valence-electron chi connectivity index (χ0n) is 10.1. The monoisotopic (exact) mass is 265 g/mol. The number of ether oxygens (including phenoxy) is 1. The summed E-state index contributed by atoms with van der Waals surface area (Å²) in [7, 11) is 0. The van der Waals surface area contributed by atoms with Gasteiger partial charge in [0.05, 0.1) is 12.6 Å². The van der Waals surface area contributed by atoms with Gasteiger partial charge in [0.2, 0.25) is 5.91 Å². The Hall–Kier alpha value is -1.06. The van der Waals surface area contributed by atoms with Crippen LogP contribution in [0.3, 0.4) is 0 Å². The minimum absolute atomic E-state index is 0.0455. The summed E-state index contributed by atoms with van der Waals surface area (Å²) < 4.78 is 5.39. The molecule has 3 nitrogen and oxygen atoms in total. The van der Waals surface area contributed by atoms with Gasteiger partial charge in [0, 0.05) is 11.6 Å². The van der Waals surface area contributed by atoms with Gasteiger partial charge in [0.1, 0.15) is 6.61 Å². The fourth-order valence-electron chi connectivity index (χ4n) is 2.37. The van der Waals surface area contributed by atoms with E-state index >= 15 is 0 Å². The van der Waals surface area contributed by atoms with E-state index in [0.29, 0.717) is 12.5 Å². The van der Waals surface area contributed by atoms with Gasteiger partial charge in [0.25, 0.3) is 0 Å². The van der Waals surface area contributed by atoms with Crippen LogP contribution in [0.4, 0.5) is 0 Å². The van der Waals surface area contributed by atoms with Crippen molar-refractivity contribution in [2.24, 2.45) is 5.92 Å². The molecule has 0 aromatic heterocycles. The van der Waals surface area contributed by atoms with E-state index in [2.05, 4.69) is 0 Å². The summed E-state index contributed by atoms with van der Waals surface area (Å²) in [4.78, 5) is 14.0. The largest absolute Gasteiger partial charge is 0.369 e. The predicted octanol–water partition coefficient (Wildman–Crippen LogP) is 2.65. The Bertz CT molecular complexity index is 442. The second kappa shape index (κ2) is 4.90. The highest BCUT2D eigenvalue weighted by molar-refractivity contribution is 6.30. The minimum atomic E-state index is 0.0455. The van der Waals surface area contributed by atoms with Crippen molar-refractivity contribution < 1.29 is 9.53 Å². The van der Waals surface area contributed by atoms with Crippen LogP contribution in [0.15, 0.2) is 24.3 Å². The molecule has 1 heterocycles. The van der Waals surface area contributed by atoms with Crippen molar-refractivity contribution >= 4 is 17.5 Å². The number of hydrogen-bond donors (Lipinski definition) is 0. The van der Waals surface area contributed by atoms with Crippen molar-refractivity contribution in [3.8, 4) is 0 Å². The smallest absolute Gasteiger partial charge is 0.249 e. The van der Waals surface area contributed by atoms with E-state index in [1.165, 1.54) is 12.8 Å². The van der Waals surface area contributed by atoms with Crippen molar-refractivity contribution in [3.05, 3.63) is 34.9 Å². The maximum absolute atomic E-state index is 12.0. The molecule has 0 N–H and O–H groups in total. The van der Waals surface area contributed by atoms with E-state index in [1.54, 1.807) is 0 Å². The molecular formula is C14H16ClNO2. The van der Waals surface area contributed by atoms with Crippen LogP contribution >= 0.6 is 11.6 Å². The fourth-order valence-corrected chi connectivity index (χ4v) is 2.50. The van der Waals surface area contributed by atoms with Crippen LogP contribution in [0.5, 0.6) is 0 Å². The summed E-state index contributed by atoms with van der Waals surface area (Å²) >= 11 is 5.90. The lowest BCUT2D eigenvalue weighted by atomic mass is 10.0. The summed E-state index contributed by atoms with van der Waals surface area (Å²) in [6.07, 6.45) is 2.50. The molecule has 1 saturated carbocycles. The third kappa shape index (κ3) is 2.52. The Balaban J connectivity index is 1.81. The van der Waals surface area contributed by atoms with Gasteiger partial charge in [-0.3, -0.25) is 4.79 Å². The molecule has 1 amide bonds. The molecule has 1 aliphatic heterocycles. The van der Waals surface area contributed by atoms with Crippen LogP contribution in [0.25, 0.3) is 0 Å². The first-order chi connectivity index (χ1) is 8.74. The number of rotatable bonds is 3. The average molecular weight is 266 g/mol. The van der Waals surface area contributed by atoms with Crippen LogP contribution in [0.1, 0.15) is 24.4 Å². The van der Waals surface area contributed by atoms with Crippen molar-refractivity contribution in [2.75, 3.05) is 19.8 Å². The molecule has 1 aromatic rings. The summed E-state index contributed by atoms with van der Waals surface area (Å²) in [6.45, 7) is 1.67. The molecule has 0 spiro atoms. The Morgan fingerprint density at radius 2 is 2.00 bits per heavy atom. The first-order valence-corrected chi connectivity index (χ1v) is 6.74. The van der Waals surface area contributed by atoms with Gasteiger partial charge >= 0.3 is 0 Å². The number of benzene rings is 1. The van der Waals surface area contributed by atoms with Gasteiger partial charge in [-0.2, -0.15) is 0 Å². The van der Waals surface area contributed by atoms with Crippen molar-refractivity contribution in [1.82, 2.24) is 4.90 Å². The van der Waals surface area contributed by atoms with Crippen molar-refractivity contribution in [1.29, 1.82) is 0 Å². The van der Waals surface area contributed by atoms with Crippen LogP contribution in [-0.4, -0.2) is 30.6 Å². The highest BCUT2D eigenvalue weighted by atomic mass is 35.5. The molecule has 1 aliphatic carbocycles. The highest BCUT2D eigenvalue weighted by Crippen LogP contribution is 2.34. The number of hydrogen-bond acceptors (Lipinski definition) is 2. The maximum atomic E-state index is 12.0. The van der Waals surface area contributed by atoms with Gasteiger partial charge in [-0.15, -0.1) is 0 Å². The van der Waals surface area contributed by atoms with E-state index in [1.807, 2.05) is 29.2 Å². The molecule has 0 unspecified atom stereocenters. The molecular weight excluding hydrogens is 250 g/mol. The molecule has 0 bridgehead atoms. The molecule has 4 heteroatoms. The third-order valence-corrected chi connectivity index (χ3v) is 3.86. The van der Waals surface area contributed by atoms with Crippen LogP contribution in [-0.2, 0) is 9.53 Å². The second-order valence-corrected chi connectivity index (χ2v) is 5.51.